The molecule has 0 aromatic rings. The summed E-state index contributed by atoms with van der Waals surface area (Å²) in [5, 5.41) is 3.99. The van der Waals surface area contributed by atoms with Crippen molar-refractivity contribution >= 4 is 5.71 Å². The van der Waals surface area contributed by atoms with Crippen LogP contribution in [-0.4, -0.2) is 12.8 Å². The van der Waals surface area contributed by atoms with Crippen LogP contribution in [0.2, 0.25) is 0 Å². The molecule has 0 aromatic carbocycles. The Morgan fingerprint density at radius 2 is 2.00 bits per heavy atom. The molecule has 0 amide bonds. The molecular formula is C10H11NO. The Labute approximate surface area is 71.9 Å². The first kappa shape index (κ1) is 7.35. The average Bonchev–Trinajstić information content (AvgIpc) is 2.53. The number of nitrogens with zero attached hydrogens (tertiary/aromatic N) is 1. The van der Waals surface area contributed by atoms with Crippen molar-refractivity contribution in [3.63, 3.8) is 0 Å². The Bertz CT molecular complexity index is 308. The van der Waals surface area contributed by atoms with Crippen molar-refractivity contribution in [1.82, 2.24) is 0 Å². The van der Waals surface area contributed by atoms with Crippen LogP contribution in [0.4, 0.5) is 0 Å². The van der Waals surface area contributed by atoms with E-state index in [4.69, 9.17) is 4.84 Å². The van der Waals surface area contributed by atoms with Gasteiger partial charge in [0, 0.05) is 6.42 Å². The molecule has 0 aliphatic heterocycles. The molecule has 12 heavy (non-hydrogen) atoms. The molecule has 2 aliphatic carbocycles. The van der Waals surface area contributed by atoms with E-state index in [2.05, 4.69) is 29.5 Å². The van der Waals surface area contributed by atoms with Crippen LogP contribution in [0.15, 0.2) is 40.6 Å². The van der Waals surface area contributed by atoms with Gasteiger partial charge in [0.1, 0.15) is 7.11 Å². The van der Waals surface area contributed by atoms with Crippen LogP contribution in [0.3, 0.4) is 0 Å². The highest BCUT2D eigenvalue weighted by Gasteiger charge is 2.16. The number of allylic oxidation sites excluding steroid dienone is 6. The summed E-state index contributed by atoms with van der Waals surface area (Å²) in [6.45, 7) is 0. The van der Waals surface area contributed by atoms with Gasteiger partial charge in [-0.1, -0.05) is 29.5 Å². The monoisotopic (exact) mass is 161 g/mol. The number of oxime groups is 1. The predicted molar refractivity (Wildman–Crippen MR) is 49.0 cm³/mol. The van der Waals surface area contributed by atoms with Gasteiger partial charge >= 0.3 is 0 Å². The van der Waals surface area contributed by atoms with Crippen molar-refractivity contribution in [2.24, 2.45) is 5.16 Å². The van der Waals surface area contributed by atoms with E-state index in [0.717, 1.165) is 18.6 Å². The molecule has 62 valence electrons. The molecule has 0 heterocycles. The van der Waals surface area contributed by atoms with Crippen molar-refractivity contribution in [3.8, 4) is 0 Å². The second kappa shape index (κ2) is 2.97. The Kier molecular flexibility index (Phi) is 1.82. The Morgan fingerprint density at radius 3 is 2.75 bits per heavy atom. The molecule has 0 atom stereocenters. The van der Waals surface area contributed by atoms with E-state index < -0.39 is 0 Å². The van der Waals surface area contributed by atoms with E-state index >= 15 is 0 Å². The molecule has 0 spiro atoms. The quantitative estimate of drug-likeness (QED) is 0.540. The lowest BCUT2D eigenvalue weighted by atomic mass is 9.98. The van der Waals surface area contributed by atoms with E-state index in [9.17, 15) is 0 Å². The normalized spacial score (nSPS) is 23.6. The summed E-state index contributed by atoms with van der Waals surface area (Å²) in [5.74, 6) is 0. The van der Waals surface area contributed by atoms with Gasteiger partial charge in [-0.05, 0) is 17.6 Å². The average molecular weight is 161 g/mol. The largest absolute Gasteiger partial charge is 0.399 e. The zero-order chi connectivity index (χ0) is 8.39. The fourth-order valence-corrected chi connectivity index (χ4v) is 1.59. The third kappa shape index (κ3) is 1.09. The molecule has 0 fully saturated rings. The Hall–Kier alpha value is -1.31. The smallest absolute Gasteiger partial charge is 0.106 e. The molecule has 2 heteroatoms. The van der Waals surface area contributed by atoms with Gasteiger partial charge < -0.3 is 4.84 Å². The van der Waals surface area contributed by atoms with Gasteiger partial charge in [-0.25, -0.2) is 0 Å². The summed E-state index contributed by atoms with van der Waals surface area (Å²) >= 11 is 0. The fourth-order valence-electron chi connectivity index (χ4n) is 1.59. The first-order valence-corrected chi connectivity index (χ1v) is 4.08. The lowest BCUT2D eigenvalue weighted by Gasteiger charge is -2.09. The summed E-state index contributed by atoms with van der Waals surface area (Å²) < 4.78 is 0. The van der Waals surface area contributed by atoms with Crippen molar-refractivity contribution in [2.45, 2.75) is 12.8 Å². The zero-order valence-electron chi connectivity index (χ0n) is 7.08. The first-order valence-electron chi connectivity index (χ1n) is 4.08. The van der Waals surface area contributed by atoms with Crippen molar-refractivity contribution in [2.75, 3.05) is 7.11 Å². The van der Waals surface area contributed by atoms with Gasteiger partial charge in [0.15, 0.2) is 0 Å². The second-order valence-corrected chi connectivity index (χ2v) is 2.87. The molecule has 0 saturated heterocycles. The first-order chi connectivity index (χ1) is 5.92. The highest BCUT2D eigenvalue weighted by molar-refractivity contribution is 6.04. The SMILES string of the molecule is CON=C1CC=CC2=C1CC=C2. The summed E-state index contributed by atoms with van der Waals surface area (Å²) in [6, 6.07) is 0. The maximum Gasteiger partial charge on any atom is 0.106 e. The minimum Gasteiger partial charge on any atom is -0.399 e. The lowest BCUT2D eigenvalue weighted by molar-refractivity contribution is 0.213. The Balaban J connectivity index is 2.33. The van der Waals surface area contributed by atoms with Crippen molar-refractivity contribution < 1.29 is 4.84 Å². The molecule has 0 bridgehead atoms. The van der Waals surface area contributed by atoms with Gasteiger partial charge in [0.25, 0.3) is 0 Å². The summed E-state index contributed by atoms with van der Waals surface area (Å²) in [7, 11) is 1.59. The van der Waals surface area contributed by atoms with Crippen LogP contribution in [0, 0.1) is 0 Å². The molecule has 2 rings (SSSR count). The number of hydrogen-bond acceptors (Lipinski definition) is 2. The predicted octanol–water partition coefficient (Wildman–Crippen LogP) is 2.21. The maximum absolute atomic E-state index is 4.78. The summed E-state index contributed by atoms with van der Waals surface area (Å²) in [5.41, 5.74) is 3.68. The molecule has 2 aliphatic rings. The summed E-state index contributed by atoms with van der Waals surface area (Å²) in [4.78, 5) is 4.78. The molecule has 0 saturated carbocycles. The van der Waals surface area contributed by atoms with Gasteiger partial charge in [0.2, 0.25) is 0 Å². The van der Waals surface area contributed by atoms with Crippen LogP contribution in [0.25, 0.3) is 0 Å². The molecule has 0 unspecified atom stereocenters. The second-order valence-electron chi connectivity index (χ2n) is 2.87. The lowest BCUT2D eigenvalue weighted by Crippen LogP contribution is -2.05. The van der Waals surface area contributed by atoms with E-state index in [1.165, 1.54) is 11.1 Å². The molecule has 0 radical (unpaired) electrons. The van der Waals surface area contributed by atoms with E-state index in [-0.39, 0.29) is 0 Å². The molecule has 0 aromatic heterocycles. The summed E-state index contributed by atoms with van der Waals surface area (Å²) in [6.07, 6.45) is 10.5. The molecule has 2 nitrogen and oxygen atoms in total. The third-order valence-corrected chi connectivity index (χ3v) is 2.13. The molecular weight excluding hydrogens is 150 g/mol. The zero-order valence-corrected chi connectivity index (χ0v) is 7.08. The van der Waals surface area contributed by atoms with Gasteiger partial charge in [0.05, 0.1) is 5.71 Å². The van der Waals surface area contributed by atoms with Gasteiger partial charge in [-0.3, -0.25) is 0 Å². The van der Waals surface area contributed by atoms with Crippen LogP contribution in [0.1, 0.15) is 12.8 Å². The third-order valence-electron chi connectivity index (χ3n) is 2.13. The van der Waals surface area contributed by atoms with Crippen LogP contribution < -0.4 is 0 Å². The van der Waals surface area contributed by atoms with Crippen LogP contribution in [-0.2, 0) is 4.84 Å². The number of rotatable bonds is 1. The van der Waals surface area contributed by atoms with E-state index in [1.807, 2.05) is 0 Å². The fraction of sp³-hybridized carbons (Fsp3) is 0.300. The van der Waals surface area contributed by atoms with Gasteiger partial charge in [-0.15, -0.1) is 0 Å². The van der Waals surface area contributed by atoms with Crippen molar-refractivity contribution in [3.05, 3.63) is 35.5 Å². The van der Waals surface area contributed by atoms with E-state index in [1.54, 1.807) is 7.11 Å². The van der Waals surface area contributed by atoms with Crippen LogP contribution >= 0.6 is 0 Å². The Morgan fingerprint density at radius 1 is 1.25 bits per heavy atom. The maximum atomic E-state index is 4.78. The highest BCUT2D eigenvalue weighted by Crippen LogP contribution is 2.26. The minimum atomic E-state index is 0.897. The number of hydrogen-bond donors (Lipinski definition) is 0. The molecule has 0 N–H and O–H groups in total. The topological polar surface area (TPSA) is 21.6 Å². The highest BCUT2D eigenvalue weighted by atomic mass is 16.6. The standard InChI is InChI=1S/C10H11NO/c1-12-11-10-7-3-5-8-4-2-6-9(8)10/h2-5H,6-7H2,1H3. The minimum absolute atomic E-state index is 0.897. The van der Waals surface area contributed by atoms with Gasteiger partial charge in [-0.2, -0.15) is 0 Å². The van der Waals surface area contributed by atoms with Crippen LogP contribution in [0.5, 0.6) is 0 Å². The van der Waals surface area contributed by atoms with E-state index in [0.29, 0.717) is 0 Å². The van der Waals surface area contributed by atoms with Crippen molar-refractivity contribution in [1.29, 1.82) is 0 Å².